The van der Waals surface area contributed by atoms with Gasteiger partial charge in [0, 0.05) is 17.6 Å². The lowest BCUT2D eigenvalue weighted by Crippen LogP contribution is -2.42. The Balaban J connectivity index is 2.39. The normalized spacial score (nSPS) is 24.5. The Morgan fingerprint density at radius 1 is 1.48 bits per heavy atom. The van der Waals surface area contributed by atoms with Gasteiger partial charge in [-0.2, -0.15) is 4.84 Å². The number of hydrogen-bond donors (Lipinski definition) is 0. The number of allylic oxidation sites excluding steroid dienone is 2. The Kier molecular flexibility index (Phi) is 4.15. The van der Waals surface area contributed by atoms with E-state index < -0.39 is 26.8 Å². The van der Waals surface area contributed by atoms with Crippen molar-refractivity contribution in [3.63, 3.8) is 0 Å². The van der Waals surface area contributed by atoms with Crippen LogP contribution in [0.1, 0.15) is 13.3 Å². The van der Waals surface area contributed by atoms with E-state index in [1.807, 2.05) is 0 Å². The fourth-order valence-electron chi connectivity index (χ4n) is 1.90. The highest BCUT2D eigenvalue weighted by molar-refractivity contribution is 8.05. The van der Waals surface area contributed by atoms with Crippen LogP contribution in [0.3, 0.4) is 0 Å². The van der Waals surface area contributed by atoms with Crippen LogP contribution in [0.2, 0.25) is 0 Å². The molecule has 1 saturated heterocycles. The second-order valence-corrected chi connectivity index (χ2v) is 8.24. The van der Waals surface area contributed by atoms with Crippen molar-refractivity contribution in [2.75, 3.05) is 6.26 Å². The topological polar surface area (TPSA) is 63.7 Å². The average Bonchev–Trinajstić information content (AvgIpc) is 2.62. The highest BCUT2D eigenvalue weighted by atomic mass is 32.2. The first-order valence-electron chi connectivity index (χ1n) is 5.85. The quantitative estimate of drug-likeness (QED) is 0.781. The number of halogens is 3. The molecule has 0 N–H and O–H groups in total. The molecule has 0 aromatic carbocycles. The number of thioether (sulfide) groups is 1. The largest absolute Gasteiger partial charge is 0.544 e. The van der Waals surface area contributed by atoms with Crippen molar-refractivity contribution in [1.82, 2.24) is 5.06 Å². The zero-order valence-corrected chi connectivity index (χ0v) is 12.7. The summed E-state index contributed by atoms with van der Waals surface area (Å²) in [5, 5.41) is -1.67. The van der Waals surface area contributed by atoms with Crippen LogP contribution in [0.5, 0.6) is 0 Å². The number of carbonyl (C=O) groups is 1. The van der Waals surface area contributed by atoms with Gasteiger partial charge in [-0.3, -0.25) is 4.79 Å². The third-order valence-corrected chi connectivity index (χ3v) is 6.24. The third-order valence-electron chi connectivity index (χ3n) is 3.04. The van der Waals surface area contributed by atoms with Crippen LogP contribution in [-0.2, 0) is 19.5 Å². The third kappa shape index (κ3) is 3.61. The van der Waals surface area contributed by atoms with E-state index in [9.17, 15) is 26.4 Å². The Labute approximate surface area is 123 Å². The number of sulfone groups is 1. The predicted molar refractivity (Wildman–Crippen MR) is 70.5 cm³/mol. The molecule has 1 aliphatic heterocycles. The Bertz CT molecular complexity index is 624. The predicted octanol–water partition coefficient (Wildman–Crippen LogP) is 1.99. The summed E-state index contributed by atoms with van der Waals surface area (Å²) in [6, 6.07) is 0. The molecule has 10 heteroatoms. The molecule has 0 radical (unpaired) electrons. The fraction of sp³-hybridized carbons (Fsp3) is 0.545. The molecule has 1 heterocycles. The maximum absolute atomic E-state index is 12.5. The number of fused-ring (bicyclic) bond motifs is 1. The minimum absolute atomic E-state index is 0.0446. The lowest BCUT2D eigenvalue weighted by molar-refractivity contribution is -0.406. The number of hydroxylamine groups is 2. The molecule has 0 aromatic heterocycles. The molecule has 2 unspecified atom stereocenters. The first kappa shape index (κ1) is 16.4. The van der Waals surface area contributed by atoms with Gasteiger partial charge in [0.05, 0.1) is 10.9 Å². The van der Waals surface area contributed by atoms with Crippen molar-refractivity contribution in [3.8, 4) is 0 Å². The maximum atomic E-state index is 12.5. The number of rotatable bonds is 3. The van der Waals surface area contributed by atoms with E-state index in [4.69, 9.17) is 0 Å². The van der Waals surface area contributed by atoms with Gasteiger partial charge in [-0.15, -0.1) is 13.2 Å². The van der Waals surface area contributed by atoms with E-state index in [0.29, 0.717) is 5.06 Å². The zero-order chi connectivity index (χ0) is 16.0. The second-order valence-electron chi connectivity index (χ2n) is 4.67. The lowest BCUT2D eigenvalue weighted by atomic mass is 10.1. The Hall–Kier alpha value is -1.00. The van der Waals surface area contributed by atoms with Gasteiger partial charge < -0.3 is 0 Å². The van der Waals surface area contributed by atoms with Gasteiger partial charge in [0.2, 0.25) is 0 Å². The van der Waals surface area contributed by atoms with Gasteiger partial charge in [0.15, 0.2) is 15.6 Å². The highest BCUT2D eigenvalue weighted by Gasteiger charge is 2.47. The van der Waals surface area contributed by atoms with Crippen LogP contribution in [0, 0.1) is 0 Å². The standard InChI is InChI=1S/C11H12F3NO4S2/c1-6(21(2,17)18)10-15(19-11(12,13)14)8-4-3-7(16)5-9(8)20-10/h4-6,10H,3H2,1-2H3. The molecule has 21 heavy (non-hydrogen) atoms. The van der Waals surface area contributed by atoms with Crippen molar-refractivity contribution < 1.29 is 31.2 Å². The van der Waals surface area contributed by atoms with Crippen LogP contribution < -0.4 is 0 Å². The van der Waals surface area contributed by atoms with Gasteiger partial charge in [-0.1, -0.05) is 11.8 Å². The molecule has 0 aromatic rings. The summed E-state index contributed by atoms with van der Waals surface area (Å²) in [5.41, 5.74) is 0.0809. The van der Waals surface area contributed by atoms with E-state index in [2.05, 4.69) is 4.84 Å². The van der Waals surface area contributed by atoms with Gasteiger partial charge in [-0.05, 0) is 19.1 Å². The molecular formula is C11H12F3NO4S2. The molecule has 2 atom stereocenters. The second kappa shape index (κ2) is 5.33. The summed E-state index contributed by atoms with van der Waals surface area (Å²) in [6.07, 6.45) is -1.53. The number of nitrogens with zero attached hydrogens (tertiary/aromatic N) is 1. The summed E-state index contributed by atoms with van der Waals surface area (Å²) in [4.78, 5) is 15.6. The summed E-state index contributed by atoms with van der Waals surface area (Å²) >= 11 is 0.876. The average molecular weight is 343 g/mol. The van der Waals surface area contributed by atoms with E-state index >= 15 is 0 Å². The number of alkyl halides is 3. The zero-order valence-electron chi connectivity index (χ0n) is 11.0. The van der Waals surface area contributed by atoms with Crippen LogP contribution in [0.15, 0.2) is 22.8 Å². The highest BCUT2D eigenvalue weighted by Crippen LogP contribution is 2.47. The Morgan fingerprint density at radius 3 is 2.62 bits per heavy atom. The summed E-state index contributed by atoms with van der Waals surface area (Å²) in [6.45, 7) is 1.31. The summed E-state index contributed by atoms with van der Waals surface area (Å²) < 4.78 is 60.9. The molecule has 0 spiro atoms. The minimum atomic E-state index is -4.95. The first-order chi connectivity index (χ1) is 9.49. The molecule has 118 valence electrons. The SMILES string of the molecule is CC(C1SC2=CC(=O)CC=C2N1OC(F)(F)F)S(C)(=O)=O. The first-order valence-corrected chi connectivity index (χ1v) is 8.68. The van der Waals surface area contributed by atoms with Gasteiger partial charge in [-0.25, -0.2) is 13.5 Å². The molecule has 1 fully saturated rings. The van der Waals surface area contributed by atoms with E-state index in [1.54, 1.807) is 0 Å². The molecule has 2 rings (SSSR count). The molecule has 0 bridgehead atoms. The number of hydrogen-bond acceptors (Lipinski definition) is 6. The van der Waals surface area contributed by atoms with Crippen molar-refractivity contribution in [2.24, 2.45) is 0 Å². The molecule has 0 saturated carbocycles. The van der Waals surface area contributed by atoms with Crippen LogP contribution in [0.4, 0.5) is 13.2 Å². The van der Waals surface area contributed by atoms with Crippen molar-refractivity contribution in [3.05, 3.63) is 22.8 Å². The van der Waals surface area contributed by atoms with E-state index in [-0.39, 0.29) is 22.8 Å². The van der Waals surface area contributed by atoms with E-state index in [1.165, 1.54) is 19.1 Å². The molecule has 0 amide bonds. The van der Waals surface area contributed by atoms with Gasteiger partial charge >= 0.3 is 6.36 Å². The summed E-state index contributed by atoms with van der Waals surface area (Å²) in [5.74, 6) is -0.249. The minimum Gasteiger partial charge on any atom is -0.294 e. The summed E-state index contributed by atoms with van der Waals surface area (Å²) in [7, 11) is -3.58. The monoisotopic (exact) mass is 343 g/mol. The molecular weight excluding hydrogens is 331 g/mol. The molecule has 5 nitrogen and oxygen atoms in total. The lowest BCUT2D eigenvalue weighted by Gasteiger charge is -2.29. The fourth-order valence-corrected chi connectivity index (χ4v) is 4.40. The van der Waals surface area contributed by atoms with Gasteiger partial charge in [0.1, 0.15) is 5.37 Å². The van der Waals surface area contributed by atoms with Crippen molar-refractivity contribution in [1.29, 1.82) is 0 Å². The number of carbonyl (C=O) groups excluding carboxylic acids is 1. The van der Waals surface area contributed by atoms with Crippen molar-refractivity contribution in [2.45, 2.75) is 30.3 Å². The number of ketones is 1. The van der Waals surface area contributed by atoms with Crippen LogP contribution in [0.25, 0.3) is 0 Å². The smallest absolute Gasteiger partial charge is 0.294 e. The van der Waals surface area contributed by atoms with Crippen LogP contribution >= 0.6 is 11.8 Å². The van der Waals surface area contributed by atoms with Gasteiger partial charge in [0.25, 0.3) is 0 Å². The van der Waals surface area contributed by atoms with Crippen molar-refractivity contribution >= 4 is 27.4 Å². The molecule has 2 aliphatic rings. The Morgan fingerprint density at radius 2 is 2.10 bits per heavy atom. The maximum Gasteiger partial charge on any atom is 0.544 e. The van der Waals surface area contributed by atoms with E-state index in [0.717, 1.165) is 18.0 Å². The van der Waals surface area contributed by atoms with Crippen LogP contribution in [-0.4, -0.2) is 42.5 Å². The molecule has 1 aliphatic carbocycles.